The van der Waals surface area contributed by atoms with Gasteiger partial charge in [0.2, 0.25) is 5.91 Å². The van der Waals surface area contributed by atoms with Crippen molar-refractivity contribution in [1.82, 2.24) is 4.98 Å². The number of anilines is 2. The van der Waals surface area contributed by atoms with Gasteiger partial charge in [0.15, 0.2) is 5.06 Å². The smallest absolute Gasteiger partial charge is 0.231 e. The second-order valence-corrected chi connectivity index (χ2v) is 8.87. The highest BCUT2D eigenvalue weighted by molar-refractivity contribution is 7.18. The first-order chi connectivity index (χ1) is 13.6. The van der Waals surface area contributed by atoms with Crippen molar-refractivity contribution in [1.29, 1.82) is 0 Å². The minimum absolute atomic E-state index is 0.0263. The van der Waals surface area contributed by atoms with Crippen LogP contribution in [0.5, 0.6) is 10.8 Å². The number of hydrogen-bond acceptors (Lipinski definition) is 7. The van der Waals surface area contributed by atoms with Crippen molar-refractivity contribution >= 4 is 28.1 Å². The van der Waals surface area contributed by atoms with Crippen LogP contribution >= 0.6 is 11.3 Å². The third kappa shape index (κ3) is 3.05. The van der Waals surface area contributed by atoms with Crippen LogP contribution in [-0.2, 0) is 14.3 Å². The van der Waals surface area contributed by atoms with E-state index < -0.39 is 0 Å². The summed E-state index contributed by atoms with van der Waals surface area (Å²) in [5.74, 6) is 1.71. The van der Waals surface area contributed by atoms with E-state index in [0.717, 1.165) is 61.4 Å². The molecule has 6 rings (SSSR count). The molecule has 8 heteroatoms. The Morgan fingerprint density at radius 2 is 2.00 bits per heavy atom. The van der Waals surface area contributed by atoms with Gasteiger partial charge in [-0.25, -0.2) is 4.98 Å². The minimum Gasteiger partial charge on any atom is -0.445 e. The number of carbonyl (C=O) groups excluding carboxylic acids is 1. The highest BCUT2D eigenvalue weighted by Crippen LogP contribution is 2.69. The van der Waals surface area contributed by atoms with Gasteiger partial charge in [0.25, 0.3) is 0 Å². The lowest BCUT2D eigenvalue weighted by atomic mass is 9.41. The molecule has 1 amide bonds. The van der Waals surface area contributed by atoms with E-state index in [1.807, 2.05) is 24.3 Å². The third-order valence-electron chi connectivity index (χ3n) is 5.99. The summed E-state index contributed by atoms with van der Waals surface area (Å²) in [7, 11) is 1.73. The first-order valence-corrected chi connectivity index (χ1v) is 10.3. The Labute approximate surface area is 167 Å². The number of nitrogens with one attached hydrogen (secondary N) is 1. The number of hydrogen-bond donors (Lipinski definition) is 1. The van der Waals surface area contributed by atoms with Crippen LogP contribution in [0.1, 0.15) is 19.3 Å². The third-order valence-corrected chi connectivity index (χ3v) is 6.87. The fourth-order valence-electron chi connectivity index (χ4n) is 4.37. The van der Waals surface area contributed by atoms with Crippen molar-refractivity contribution in [3.8, 4) is 10.8 Å². The van der Waals surface area contributed by atoms with Gasteiger partial charge in [-0.3, -0.25) is 4.79 Å². The van der Waals surface area contributed by atoms with Crippen LogP contribution in [0.4, 0.5) is 10.8 Å². The SMILES string of the molecule is COC12CC(C(=O)Nc3ccc(Oc4ccc(N5CCOCC5)nc4)s3)(C1)C2. The van der Waals surface area contributed by atoms with E-state index in [0.29, 0.717) is 5.75 Å². The first-order valence-electron chi connectivity index (χ1n) is 9.53. The summed E-state index contributed by atoms with van der Waals surface area (Å²) in [6.07, 6.45) is 4.23. The predicted octanol–water partition coefficient (Wildman–Crippen LogP) is 3.28. The summed E-state index contributed by atoms with van der Waals surface area (Å²) in [5, 5.41) is 4.56. The molecule has 1 N–H and O–H groups in total. The van der Waals surface area contributed by atoms with Crippen molar-refractivity contribution in [3.05, 3.63) is 30.5 Å². The van der Waals surface area contributed by atoms with Crippen molar-refractivity contribution in [2.24, 2.45) is 5.41 Å². The molecule has 28 heavy (non-hydrogen) atoms. The summed E-state index contributed by atoms with van der Waals surface area (Å²) in [6.45, 7) is 3.18. The van der Waals surface area contributed by atoms with Crippen LogP contribution in [0.15, 0.2) is 30.5 Å². The standard InChI is InChI=1S/C20H23N3O4S/c1-25-20-11-19(12-20,13-20)18(24)22-16-4-5-17(28-16)27-14-2-3-15(21-10-14)23-6-8-26-9-7-23/h2-5,10H,6-9,11-13H2,1H3,(H,22,24). The Kier molecular flexibility index (Phi) is 4.30. The molecule has 4 fully saturated rings. The van der Waals surface area contributed by atoms with E-state index in [2.05, 4.69) is 15.2 Å². The number of ether oxygens (including phenoxy) is 3. The average Bonchev–Trinajstić information content (AvgIpc) is 3.08. The number of pyridine rings is 1. The van der Waals surface area contributed by atoms with E-state index in [1.165, 1.54) is 11.3 Å². The largest absolute Gasteiger partial charge is 0.445 e. The molecule has 2 aromatic rings. The van der Waals surface area contributed by atoms with Crippen LogP contribution < -0.4 is 15.0 Å². The van der Waals surface area contributed by atoms with Gasteiger partial charge < -0.3 is 24.4 Å². The van der Waals surface area contributed by atoms with E-state index in [1.54, 1.807) is 13.3 Å². The van der Waals surface area contributed by atoms with Crippen molar-refractivity contribution in [3.63, 3.8) is 0 Å². The Morgan fingerprint density at radius 1 is 1.21 bits per heavy atom. The van der Waals surface area contributed by atoms with E-state index >= 15 is 0 Å². The molecule has 3 heterocycles. The molecular formula is C20H23N3O4S. The fourth-order valence-corrected chi connectivity index (χ4v) is 5.14. The molecule has 0 aromatic carbocycles. The monoisotopic (exact) mass is 401 g/mol. The number of rotatable bonds is 6. The summed E-state index contributed by atoms with van der Waals surface area (Å²) >= 11 is 1.42. The molecule has 3 saturated carbocycles. The highest BCUT2D eigenvalue weighted by atomic mass is 32.1. The number of carbonyl (C=O) groups is 1. The Morgan fingerprint density at radius 3 is 2.68 bits per heavy atom. The number of nitrogens with zero attached hydrogens (tertiary/aromatic N) is 2. The Hall–Kier alpha value is -2.16. The molecular weight excluding hydrogens is 378 g/mol. The van der Waals surface area contributed by atoms with Gasteiger partial charge >= 0.3 is 0 Å². The number of morpholine rings is 1. The molecule has 0 atom stereocenters. The molecule has 148 valence electrons. The molecule has 0 radical (unpaired) electrons. The second kappa shape index (κ2) is 6.72. The molecule has 4 aliphatic rings. The molecule has 0 spiro atoms. The van der Waals surface area contributed by atoms with Crippen molar-refractivity contribution in [2.75, 3.05) is 43.6 Å². The van der Waals surface area contributed by atoms with E-state index in [9.17, 15) is 4.79 Å². The fraction of sp³-hybridized carbons (Fsp3) is 0.500. The zero-order valence-electron chi connectivity index (χ0n) is 15.8. The van der Waals surface area contributed by atoms with E-state index in [4.69, 9.17) is 14.2 Å². The van der Waals surface area contributed by atoms with Crippen LogP contribution in [-0.4, -0.2) is 49.9 Å². The normalized spacial score (nSPS) is 28.2. The number of methoxy groups -OCH3 is 1. The van der Waals surface area contributed by atoms with Gasteiger partial charge in [0.05, 0.1) is 35.4 Å². The second-order valence-electron chi connectivity index (χ2n) is 7.82. The van der Waals surface area contributed by atoms with Crippen LogP contribution in [0.25, 0.3) is 0 Å². The maximum Gasteiger partial charge on any atom is 0.231 e. The predicted molar refractivity (Wildman–Crippen MR) is 106 cm³/mol. The maximum atomic E-state index is 12.5. The molecule has 0 unspecified atom stereocenters. The average molecular weight is 401 g/mol. The first kappa shape index (κ1) is 17.9. The lowest BCUT2D eigenvalue weighted by Gasteiger charge is -2.67. The molecule has 2 aromatic heterocycles. The van der Waals surface area contributed by atoms with E-state index in [-0.39, 0.29) is 16.9 Å². The topological polar surface area (TPSA) is 72.9 Å². The van der Waals surface area contributed by atoms with Crippen LogP contribution in [0.3, 0.4) is 0 Å². The van der Waals surface area contributed by atoms with Gasteiger partial charge in [-0.2, -0.15) is 0 Å². The zero-order valence-corrected chi connectivity index (χ0v) is 16.6. The number of thiophene rings is 1. The summed E-state index contributed by atoms with van der Waals surface area (Å²) in [6, 6.07) is 7.63. The zero-order chi connectivity index (χ0) is 19.2. The highest BCUT2D eigenvalue weighted by Gasteiger charge is 2.72. The van der Waals surface area contributed by atoms with Gasteiger partial charge in [-0.15, -0.1) is 0 Å². The lowest BCUT2D eigenvalue weighted by molar-refractivity contribution is -0.260. The minimum atomic E-state index is -0.222. The van der Waals surface area contributed by atoms with Crippen molar-refractivity contribution in [2.45, 2.75) is 24.9 Å². The summed E-state index contributed by atoms with van der Waals surface area (Å²) in [5.41, 5.74) is -0.248. The molecule has 1 saturated heterocycles. The Bertz CT molecular complexity index is 856. The quantitative estimate of drug-likeness (QED) is 0.801. The number of aromatic nitrogens is 1. The van der Waals surface area contributed by atoms with Gasteiger partial charge in [-0.1, -0.05) is 11.3 Å². The van der Waals surface area contributed by atoms with Crippen LogP contribution in [0, 0.1) is 5.41 Å². The number of amides is 1. The van der Waals surface area contributed by atoms with Gasteiger partial charge in [0, 0.05) is 20.2 Å². The maximum absolute atomic E-state index is 12.5. The molecule has 3 aliphatic carbocycles. The molecule has 1 aliphatic heterocycles. The van der Waals surface area contributed by atoms with Gasteiger partial charge in [-0.05, 0) is 43.5 Å². The lowest BCUT2D eigenvalue weighted by Crippen LogP contribution is -2.72. The van der Waals surface area contributed by atoms with Crippen molar-refractivity contribution < 1.29 is 19.0 Å². The Balaban J connectivity index is 1.17. The molecule has 2 bridgehead atoms. The molecule has 7 nitrogen and oxygen atoms in total. The van der Waals surface area contributed by atoms with Crippen LogP contribution in [0.2, 0.25) is 0 Å². The summed E-state index contributed by atoms with van der Waals surface area (Å²) in [4.78, 5) is 19.2. The summed E-state index contributed by atoms with van der Waals surface area (Å²) < 4.78 is 16.7. The van der Waals surface area contributed by atoms with Gasteiger partial charge in [0.1, 0.15) is 11.6 Å².